The standard InChI is InChI=1S/C21H21FN2OS/c1-15-4-8-17(9-5-15)21(19-3-2-12-26-19)24-14-20(25)23-13-16-6-10-18(22)11-7-16/h2-12,21,24H,13-14H2,1H3,(H,23,25)/p+1/t21-/m0/s1. The normalized spacial score (nSPS) is 11.9. The summed E-state index contributed by atoms with van der Waals surface area (Å²) >= 11 is 1.69. The van der Waals surface area contributed by atoms with Crippen molar-refractivity contribution in [3.05, 3.63) is 93.4 Å². The lowest BCUT2D eigenvalue weighted by Gasteiger charge is -2.15. The second-order valence-electron chi connectivity index (χ2n) is 6.25. The number of quaternary nitrogens is 1. The van der Waals surface area contributed by atoms with Crippen LogP contribution in [0.15, 0.2) is 66.0 Å². The van der Waals surface area contributed by atoms with Crippen LogP contribution in [0.1, 0.15) is 27.6 Å². The summed E-state index contributed by atoms with van der Waals surface area (Å²) in [5.41, 5.74) is 3.29. The van der Waals surface area contributed by atoms with Crippen LogP contribution in [0.5, 0.6) is 0 Å². The van der Waals surface area contributed by atoms with E-state index in [2.05, 4.69) is 53.3 Å². The van der Waals surface area contributed by atoms with Gasteiger partial charge in [0.15, 0.2) is 6.54 Å². The molecule has 26 heavy (non-hydrogen) atoms. The van der Waals surface area contributed by atoms with Crippen LogP contribution in [0, 0.1) is 12.7 Å². The van der Waals surface area contributed by atoms with Gasteiger partial charge in [-0.2, -0.15) is 0 Å². The molecule has 1 aromatic heterocycles. The Morgan fingerprint density at radius 3 is 2.50 bits per heavy atom. The summed E-state index contributed by atoms with van der Waals surface area (Å²) in [5.74, 6) is -0.312. The van der Waals surface area contributed by atoms with Gasteiger partial charge in [-0.15, -0.1) is 11.3 Å². The SMILES string of the molecule is Cc1ccc([C@H]([NH2+]CC(=O)NCc2ccc(F)cc2)c2cccs2)cc1. The van der Waals surface area contributed by atoms with Crippen molar-refractivity contribution < 1.29 is 14.5 Å². The van der Waals surface area contributed by atoms with Gasteiger partial charge in [-0.3, -0.25) is 4.79 Å². The molecule has 3 rings (SSSR count). The molecule has 1 amide bonds. The monoisotopic (exact) mass is 369 g/mol. The minimum atomic E-state index is -0.273. The molecular formula is C21H22FN2OS+. The number of amides is 1. The molecule has 0 saturated carbocycles. The van der Waals surface area contributed by atoms with E-state index < -0.39 is 0 Å². The van der Waals surface area contributed by atoms with E-state index in [0.29, 0.717) is 13.1 Å². The van der Waals surface area contributed by atoms with Crippen LogP contribution in [-0.2, 0) is 11.3 Å². The van der Waals surface area contributed by atoms with Crippen LogP contribution < -0.4 is 10.6 Å². The van der Waals surface area contributed by atoms with Crippen molar-refractivity contribution in [2.45, 2.75) is 19.5 Å². The van der Waals surface area contributed by atoms with Gasteiger partial charge in [-0.05, 0) is 36.1 Å². The zero-order chi connectivity index (χ0) is 18.4. The highest BCUT2D eigenvalue weighted by Crippen LogP contribution is 2.22. The molecule has 0 unspecified atom stereocenters. The topological polar surface area (TPSA) is 45.7 Å². The molecule has 5 heteroatoms. The lowest BCUT2D eigenvalue weighted by Crippen LogP contribution is -2.87. The van der Waals surface area contributed by atoms with E-state index in [0.717, 1.165) is 5.56 Å². The molecule has 1 heterocycles. The Hall–Kier alpha value is -2.50. The van der Waals surface area contributed by atoms with Crippen LogP contribution in [0.3, 0.4) is 0 Å². The summed E-state index contributed by atoms with van der Waals surface area (Å²) in [6.45, 7) is 2.80. The fourth-order valence-corrected chi connectivity index (χ4v) is 3.61. The van der Waals surface area contributed by atoms with Crippen molar-refractivity contribution in [1.29, 1.82) is 0 Å². The first-order chi connectivity index (χ1) is 12.6. The average molecular weight is 369 g/mol. The Balaban J connectivity index is 1.59. The molecule has 134 valence electrons. The fourth-order valence-electron chi connectivity index (χ4n) is 2.76. The molecule has 3 nitrogen and oxygen atoms in total. The first-order valence-electron chi connectivity index (χ1n) is 8.56. The first-order valence-corrected chi connectivity index (χ1v) is 9.44. The van der Waals surface area contributed by atoms with Crippen molar-refractivity contribution in [1.82, 2.24) is 5.32 Å². The van der Waals surface area contributed by atoms with E-state index in [1.54, 1.807) is 23.5 Å². The molecule has 2 aromatic carbocycles. The largest absolute Gasteiger partial charge is 0.347 e. The number of thiophene rings is 1. The Morgan fingerprint density at radius 1 is 1.12 bits per heavy atom. The smallest absolute Gasteiger partial charge is 0.275 e. The summed E-state index contributed by atoms with van der Waals surface area (Å²) < 4.78 is 12.9. The number of rotatable bonds is 7. The summed E-state index contributed by atoms with van der Waals surface area (Å²) in [6.07, 6.45) is 0. The maximum Gasteiger partial charge on any atom is 0.275 e. The Bertz CT molecular complexity index is 829. The van der Waals surface area contributed by atoms with Crippen LogP contribution in [0.4, 0.5) is 4.39 Å². The van der Waals surface area contributed by atoms with Crippen LogP contribution >= 0.6 is 11.3 Å². The zero-order valence-electron chi connectivity index (χ0n) is 14.6. The molecule has 0 radical (unpaired) electrons. The Kier molecular flexibility index (Phi) is 6.15. The Morgan fingerprint density at radius 2 is 1.85 bits per heavy atom. The van der Waals surface area contributed by atoms with E-state index in [1.807, 2.05) is 6.07 Å². The maximum atomic E-state index is 12.9. The fraction of sp³-hybridized carbons (Fsp3) is 0.190. The van der Waals surface area contributed by atoms with Gasteiger partial charge in [-0.1, -0.05) is 48.0 Å². The van der Waals surface area contributed by atoms with Gasteiger partial charge < -0.3 is 10.6 Å². The number of nitrogens with two attached hydrogens (primary N) is 1. The molecule has 0 aliphatic carbocycles. The van der Waals surface area contributed by atoms with Gasteiger partial charge >= 0.3 is 0 Å². The third-order valence-corrected chi connectivity index (χ3v) is 5.18. The summed E-state index contributed by atoms with van der Waals surface area (Å²) in [6, 6.07) is 18.8. The molecular weight excluding hydrogens is 347 g/mol. The number of nitrogens with one attached hydrogen (secondary N) is 1. The van der Waals surface area contributed by atoms with E-state index in [-0.39, 0.29) is 17.8 Å². The maximum absolute atomic E-state index is 12.9. The molecule has 1 atom stereocenters. The summed E-state index contributed by atoms with van der Waals surface area (Å²) in [7, 11) is 0. The molecule has 3 N–H and O–H groups in total. The molecule has 0 aliphatic heterocycles. The molecule has 0 aliphatic rings. The Labute approximate surface area is 156 Å². The van der Waals surface area contributed by atoms with Crippen LogP contribution in [0.2, 0.25) is 0 Å². The molecule has 0 spiro atoms. The van der Waals surface area contributed by atoms with Gasteiger partial charge in [0.2, 0.25) is 0 Å². The number of benzene rings is 2. The van der Waals surface area contributed by atoms with E-state index in [1.165, 1.54) is 28.1 Å². The van der Waals surface area contributed by atoms with E-state index >= 15 is 0 Å². The number of aryl methyl sites for hydroxylation is 1. The highest BCUT2D eigenvalue weighted by molar-refractivity contribution is 7.10. The van der Waals surface area contributed by atoms with Gasteiger partial charge in [0, 0.05) is 12.1 Å². The minimum Gasteiger partial charge on any atom is -0.347 e. The van der Waals surface area contributed by atoms with E-state index in [9.17, 15) is 9.18 Å². The highest BCUT2D eigenvalue weighted by Gasteiger charge is 2.19. The van der Waals surface area contributed by atoms with Crippen molar-refractivity contribution in [3.63, 3.8) is 0 Å². The third kappa shape index (κ3) is 5.00. The van der Waals surface area contributed by atoms with Gasteiger partial charge in [0.25, 0.3) is 5.91 Å². The predicted molar refractivity (Wildman–Crippen MR) is 102 cm³/mol. The summed E-state index contributed by atoms with van der Waals surface area (Å²) in [4.78, 5) is 13.5. The predicted octanol–water partition coefficient (Wildman–Crippen LogP) is 3.16. The number of hydrogen-bond acceptors (Lipinski definition) is 2. The van der Waals surface area contributed by atoms with Crippen molar-refractivity contribution >= 4 is 17.2 Å². The molecule has 0 bridgehead atoms. The van der Waals surface area contributed by atoms with Crippen LogP contribution in [-0.4, -0.2) is 12.5 Å². The lowest BCUT2D eigenvalue weighted by molar-refractivity contribution is -0.676. The van der Waals surface area contributed by atoms with E-state index in [4.69, 9.17) is 0 Å². The van der Waals surface area contributed by atoms with Crippen molar-refractivity contribution in [2.24, 2.45) is 0 Å². The molecule has 3 aromatic rings. The van der Waals surface area contributed by atoms with Crippen molar-refractivity contribution in [3.8, 4) is 0 Å². The van der Waals surface area contributed by atoms with Crippen molar-refractivity contribution in [2.75, 3.05) is 6.54 Å². The number of carbonyl (C=O) groups excluding carboxylic acids is 1. The number of hydrogen-bond donors (Lipinski definition) is 2. The average Bonchev–Trinajstić information content (AvgIpc) is 3.17. The second-order valence-corrected chi connectivity index (χ2v) is 7.23. The summed E-state index contributed by atoms with van der Waals surface area (Å²) in [5, 5.41) is 7.00. The third-order valence-electron chi connectivity index (χ3n) is 4.23. The molecule has 0 saturated heterocycles. The minimum absolute atomic E-state index is 0.0389. The molecule has 0 fully saturated rings. The van der Waals surface area contributed by atoms with Crippen LogP contribution in [0.25, 0.3) is 0 Å². The van der Waals surface area contributed by atoms with Gasteiger partial charge in [0.1, 0.15) is 11.9 Å². The van der Waals surface area contributed by atoms with Gasteiger partial charge in [-0.25, -0.2) is 4.39 Å². The second kappa shape index (κ2) is 8.74. The number of halogens is 1. The zero-order valence-corrected chi connectivity index (χ0v) is 15.4. The van der Waals surface area contributed by atoms with Gasteiger partial charge in [0.05, 0.1) is 4.88 Å². The highest BCUT2D eigenvalue weighted by atomic mass is 32.1. The quantitative estimate of drug-likeness (QED) is 0.660. The first kappa shape index (κ1) is 18.3. The number of carbonyl (C=O) groups is 1. The lowest BCUT2D eigenvalue weighted by atomic mass is 10.0.